The second-order valence-corrected chi connectivity index (χ2v) is 4.14. The summed E-state index contributed by atoms with van der Waals surface area (Å²) in [6.45, 7) is 1.81. The van der Waals surface area contributed by atoms with Crippen LogP contribution in [-0.4, -0.2) is 15.5 Å². The minimum atomic E-state index is -0.0131. The van der Waals surface area contributed by atoms with Gasteiger partial charge < -0.3 is 9.88 Å². The Labute approximate surface area is 94.1 Å². The first-order chi connectivity index (χ1) is 7.63. The van der Waals surface area contributed by atoms with Gasteiger partial charge in [-0.25, -0.2) is 4.98 Å². The van der Waals surface area contributed by atoms with E-state index in [0.717, 1.165) is 25.1 Å². The van der Waals surface area contributed by atoms with Gasteiger partial charge in [0.2, 0.25) is 5.91 Å². The van der Waals surface area contributed by atoms with E-state index < -0.39 is 0 Å². The second kappa shape index (κ2) is 3.97. The molecule has 1 aliphatic rings. The number of nitrogens with one attached hydrogen (secondary N) is 1. The Bertz CT molecular complexity index is 465. The Kier molecular flexibility index (Phi) is 2.65. The number of carbonyl (C=O) groups is 1. The van der Waals surface area contributed by atoms with Crippen LogP contribution in [0.2, 0.25) is 0 Å². The lowest BCUT2D eigenvalue weighted by Crippen LogP contribution is -2.28. The third kappa shape index (κ3) is 1.67. The average Bonchev–Trinajstić information content (AvgIpc) is 2.39. The zero-order valence-electron chi connectivity index (χ0n) is 9.45. The molecular weight excluding hydrogens is 204 g/mol. The van der Waals surface area contributed by atoms with Gasteiger partial charge in [0, 0.05) is 13.0 Å². The van der Waals surface area contributed by atoms with E-state index in [-0.39, 0.29) is 11.8 Å². The summed E-state index contributed by atoms with van der Waals surface area (Å²) < 4.78 is 1.68. The van der Waals surface area contributed by atoms with Gasteiger partial charge in [-0.3, -0.25) is 4.79 Å². The van der Waals surface area contributed by atoms with Crippen LogP contribution in [0.15, 0.2) is 0 Å². The fourth-order valence-electron chi connectivity index (χ4n) is 1.71. The first-order valence-corrected chi connectivity index (χ1v) is 5.37. The molecule has 5 nitrogen and oxygen atoms in total. The molecule has 0 bridgehead atoms. The summed E-state index contributed by atoms with van der Waals surface area (Å²) in [5.74, 6) is 1.20. The van der Waals surface area contributed by atoms with Gasteiger partial charge >= 0.3 is 0 Å². The van der Waals surface area contributed by atoms with E-state index in [9.17, 15) is 4.79 Å². The summed E-state index contributed by atoms with van der Waals surface area (Å²) >= 11 is 0. The highest BCUT2D eigenvalue weighted by atomic mass is 16.2. The fraction of sp³-hybridized carbons (Fsp3) is 0.545. The lowest BCUT2D eigenvalue weighted by Gasteiger charge is -2.23. The summed E-state index contributed by atoms with van der Waals surface area (Å²) in [5, 5.41) is 11.7. The van der Waals surface area contributed by atoms with E-state index >= 15 is 0 Å². The number of hydrogen-bond acceptors (Lipinski definition) is 3. The number of amides is 1. The van der Waals surface area contributed by atoms with Gasteiger partial charge in [0.1, 0.15) is 11.9 Å². The largest absolute Gasteiger partial charge is 0.321 e. The normalized spacial score (nSPS) is 15.3. The smallest absolute Gasteiger partial charge is 0.228 e. The predicted octanol–water partition coefficient (Wildman–Crippen LogP) is 1.34. The number of rotatable bonds is 2. The maximum atomic E-state index is 11.7. The minimum Gasteiger partial charge on any atom is -0.321 e. The van der Waals surface area contributed by atoms with Crippen LogP contribution in [0.25, 0.3) is 0 Å². The second-order valence-electron chi connectivity index (χ2n) is 4.14. The molecule has 0 spiro atoms. The molecule has 0 aromatic carbocycles. The Balaban J connectivity index is 2.18. The van der Waals surface area contributed by atoms with Gasteiger partial charge in [0.15, 0.2) is 11.5 Å². The highest BCUT2D eigenvalue weighted by Gasteiger charge is 2.26. The van der Waals surface area contributed by atoms with E-state index in [1.54, 1.807) is 18.5 Å². The zero-order chi connectivity index (χ0) is 11.7. The molecule has 1 fully saturated rings. The lowest BCUT2D eigenvalue weighted by molar-refractivity contribution is -0.122. The maximum Gasteiger partial charge on any atom is 0.228 e. The van der Waals surface area contributed by atoms with E-state index in [2.05, 4.69) is 16.4 Å². The Morgan fingerprint density at radius 3 is 2.81 bits per heavy atom. The Hall–Kier alpha value is -1.83. The monoisotopic (exact) mass is 218 g/mol. The molecule has 1 heterocycles. The van der Waals surface area contributed by atoms with Gasteiger partial charge in [-0.05, 0) is 19.8 Å². The highest BCUT2D eigenvalue weighted by Crippen LogP contribution is 2.28. The zero-order valence-corrected chi connectivity index (χ0v) is 9.45. The fourth-order valence-corrected chi connectivity index (χ4v) is 1.71. The molecule has 0 saturated heterocycles. The number of nitriles is 1. The molecular formula is C11H14N4O. The number of aromatic nitrogens is 2. The van der Waals surface area contributed by atoms with Crippen molar-refractivity contribution < 1.29 is 4.79 Å². The van der Waals surface area contributed by atoms with Crippen LogP contribution in [0.3, 0.4) is 0 Å². The molecule has 1 aliphatic carbocycles. The summed E-state index contributed by atoms with van der Waals surface area (Å²) in [4.78, 5) is 15.9. The van der Waals surface area contributed by atoms with E-state index in [1.165, 1.54) is 0 Å². The number of imidazole rings is 1. The summed E-state index contributed by atoms with van der Waals surface area (Å²) in [7, 11) is 1.76. The molecule has 5 heteroatoms. The Morgan fingerprint density at radius 2 is 2.31 bits per heavy atom. The first-order valence-electron chi connectivity index (χ1n) is 5.37. The van der Waals surface area contributed by atoms with Crippen LogP contribution in [0.5, 0.6) is 0 Å². The Morgan fingerprint density at radius 1 is 1.62 bits per heavy atom. The number of nitrogens with zero attached hydrogens (tertiary/aromatic N) is 3. The highest BCUT2D eigenvalue weighted by molar-refractivity contribution is 5.93. The molecule has 0 unspecified atom stereocenters. The number of anilines is 1. The van der Waals surface area contributed by atoms with Crippen molar-refractivity contribution in [2.24, 2.45) is 13.0 Å². The quantitative estimate of drug-likeness (QED) is 0.814. The van der Waals surface area contributed by atoms with Gasteiger partial charge in [-0.1, -0.05) is 6.42 Å². The van der Waals surface area contributed by atoms with E-state index in [4.69, 9.17) is 5.26 Å². The third-order valence-electron chi connectivity index (χ3n) is 3.14. The molecule has 1 amide bonds. The molecule has 1 aromatic rings. The molecule has 1 N–H and O–H groups in total. The van der Waals surface area contributed by atoms with Crippen LogP contribution in [-0.2, 0) is 11.8 Å². The van der Waals surface area contributed by atoms with E-state index in [1.807, 2.05) is 0 Å². The maximum absolute atomic E-state index is 11.7. The molecule has 0 aliphatic heterocycles. The van der Waals surface area contributed by atoms with Crippen molar-refractivity contribution in [1.29, 1.82) is 5.26 Å². The number of hydrogen-bond donors (Lipinski definition) is 1. The molecule has 2 rings (SSSR count). The SMILES string of the molecule is Cc1nc(NC(=O)C2CCC2)c(C#N)n1C. The lowest BCUT2D eigenvalue weighted by atomic mass is 9.85. The number of aryl methyl sites for hydroxylation is 1. The molecule has 1 aromatic heterocycles. The molecule has 0 radical (unpaired) electrons. The minimum absolute atomic E-state index is 0.0131. The predicted molar refractivity (Wildman–Crippen MR) is 58.6 cm³/mol. The van der Waals surface area contributed by atoms with Gasteiger partial charge in [-0.15, -0.1) is 0 Å². The van der Waals surface area contributed by atoms with Crippen LogP contribution < -0.4 is 5.32 Å². The van der Waals surface area contributed by atoms with Crippen molar-refractivity contribution in [2.45, 2.75) is 26.2 Å². The summed E-state index contributed by atoms with van der Waals surface area (Å²) in [6, 6.07) is 2.05. The van der Waals surface area contributed by atoms with Gasteiger partial charge in [0.25, 0.3) is 0 Å². The van der Waals surface area contributed by atoms with Crippen molar-refractivity contribution >= 4 is 11.7 Å². The van der Waals surface area contributed by atoms with Crippen LogP contribution in [0, 0.1) is 24.2 Å². The third-order valence-corrected chi connectivity index (χ3v) is 3.14. The molecule has 0 atom stereocenters. The average molecular weight is 218 g/mol. The number of carbonyl (C=O) groups excluding carboxylic acids is 1. The van der Waals surface area contributed by atoms with Crippen LogP contribution in [0.4, 0.5) is 5.82 Å². The first kappa shape index (κ1) is 10.7. The summed E-state index contributed by atoms with van der Waals surface area (Å²) in [6.07, 6.45) is 3.00. The van der Waals surface area contributed by atoms with Crippen LogP contribution in [0.1, 0.15) is 30.8 Å². The van der Waals surface area contributed by atoms with Crippen molar-refractivity contribution in [3.8, 4) is 6.07 Å². The van der Waals surface area contributed by atoms with Crippen molar-refractivity contribution in [1.82, 2.24) is 9.55 Å². The molecule has 16 heavy (non-hydrogen) atoms. The van der Waals surface area contributed by atoms with Gasteiger partial charge in [0.05, 0.1) is 0 Å². The van der Waals surface area contributed by atoms with Crippen molar-refractivity contribution in [2.75, 3.05) is 5.32 Å². The van der Waals surface area contributed by atoms with Crippen LogP contribution >= 0.6 is 0 Å². The van der Waals surface area contributed by atoms with Crippen molar-refractivity contribution in [3.05, 3.63) is 11.5 Å². The standard InChI is InChI=1S/C11H14N4O/c1-7-13-10(9(6-12)15(7)2)14-11(16)8-4-3-5-8/h8H,3-5H2,1-2H3,(H,14,16). The van der Waals surface area contributed by atoms with E-state index in [0.29, 0.717) is 11.5 Å². The van der Waals surface area contributed by atoms with Gasteiger partial charge in [-0.2, -0.15) is 5.26 Å². The van der Waals surface area contributed by atoms with Crippen molar-refractivity contribution in [3.63, 3.8) is 0 Å². The molecule has 1 saturated carbocycles. The molecule has 84 valence electrons. The summed E-state index contributed by atoms with van der Waals surface area (Å²) in [5.41, 5.74) is 0.408. The topological polar surface area (TPSA) is 70.7 Å².